The standard InChI is InChI=1S/C14H20N2O2/c1-10-6-7-16(12(10)9-15)14(18)8-11-4-2-3-5-13(11)17/h2-5,10,12,17H,6-9,15H2,1H3. The van der Waals surface area contributed by atoms with Gasteiger partial charge in [0.2, 0.25) is 5.91 Å². The molecule has 2 rings (SSSR count). The summed E-state index contributed by atoms with van der Waals surface area (Å²) < 4.78 is 0. The maximum absolute atomic E-state index is 12.2. The highest BCUT2D eigenvalue weighted by Gasteiger charge is 2.33. The minimum Gasteiger partial charge on any atom is -0.508 e. The SMILES string of the molecule is CC1CCN(C(=O)Cc2ccccc2O)C1CN. The van der Waals surface area contributed by atoms with Crippen LogP contribution in [-0.2, 0) is 11.2 Å². The van der Waals surface area contributed by atoms with E-state index in [2.05, 4.69) is 6.92 Å². The fourth-order valence-electron chi connectivity index (χ4n) is 2.60. The zero-order valence-electron chi connectivity index (χ0n) is 10.7. The summed E-state index contributed by atoms with van der Waals surface area (Å²) in [5.74, 6) is 0.696. The van der Waals surface area contributed by atoms with E-state index in [1.807, 2.05) is 11.0 Å². The normalized spacial score (nSPS) is 23.3. The molecule has 1 amide bonds. The van der Waals surface area contributed by atoms with Crippen molar-refractivity contribution >= 4 is 5.91 Å². The van der Waals surface area contributed by atoms with Gasteiger partial charge in [0.05, 0.1) is 6.42 Å². The molecule has 4 heteroatoms. The summed E-state index contributed by atoms with van der Waals surface area (Å²) in [5, 5.41) is 9.68. The summed E-state index contributed by atoms with van der Waals surface area (Å²) in [6, 6.07) is 7.11. The number of nitrogens with two attached hydrogens (primary N) is 1. The van der Waals surface area contributed by atoms with Crippen molar-refractivity contribution in [2.24, 2.45) is 11.7 Å². The molecule has 1 saturated heterocycles. The first kappa shape index (κ1) is 12.9. The first-order chi connectivity index (χ1) is 8.63. The lowest BCUT2D eigenvalue weighted by Crippen LogP contribution is -2.42. The highest BCUT2D eigenvalue weighted by atomic mass is 16.3. The molecular formula is C14H20N2O2. The van der Waals surface area contributed by atoms with Gasteiger partial charge in [0.1, 0.15) is 5.75 Å². The van der Waals surface area contributed by atoms with Crippen LogP contribution in [0.2, 0.25) is 0 Å². The van der Waals surface area contributed by atoms with Gasteiger partial charge in [0, 0.05) is 24.7 Å². The molecule has 1 heterocycles. The minimum atomic E-state index is 0.0521. The highest BCUT2D eigenvalue weighted by molar-refractivity contribution is 5.80. The van der Waals surface area contributed by atoms with Crippen molar-refractivity contribution in [3.8, 4) is 5.75 Å². The quantitative estimate of drug-likeness (QED) is 0.842. The van der Waals surface area contributed by atoms with E-state index in [0.717, 1.165) is 13.0 Å². The number of hydrogen-bond acceptors (Lipinski definition) is 3. The molecule has 98 valence electrons. The lowest BCUT2D eigenvalue weighted by molar-refractivity contribution is -0.131. The van der Waals surface area contributed by atoms with Crippen LogP contribution < -0.4 is 5.73 Å². The number of benzene rings is 1. The van der Waals surface area contributed by atoms with E-state index in [1.165, 1.54) is 0 Å². The Morgan fingerprint density at radius 3 is 2.89 bits per heavy atom. The number of carbonyl (C=O) groups excluding carboxylic acids is 1. The zero-order valence-corrected chi connectivity index (χ0v) is 10.7. The number of nitrogens with zero attached hydrogens (tertiary/aromatic N) is 1. The summed E-state index contributed by atoms with van der Waals surface area (Å²) in [7, 11) is 0. The largest absolute Gasteiger partial charge is 0.508 e. The van der Waals surface area contributed by atoms with E-state index >= 15 is 0 Å². The van der Waals surface area contributed by atoms with Crippen molar-refractivity contribution in [3.63, 3.8) is 0 Å². The average Bonchev–Trinajstić information content (AvgIpc) is 2.73. The number of rotatable bonds is 3. The van der Waals surface area contributed by atoms with E-state index in [0.29, 0.717) is 18.0 Å². The van der Waals surface area contributed by atoms with Crippen LogP contribution in [0.25, 0.3) is 0 Å². The third-order valence-electron chi connectivity index (χ3n) is 3.78. The summed E-state index contributed by atoms with van der Waals surface area (Å²) in [6.07, 6.45) is 1.25. The number of para-hydroxylation sites is 1. The molecule has 0 aromatic heterocycles. The molecule has 0 bridgehead atoms. The van der Waals surface area contributed by atoms with Crippen molar-refractivity contribution in [2.45, 2.75) is 25.8 Å². The number of amides is 1. The molecule has 1 aliphatic heterocycles. The van der Waals surface area contributed by atoms with Crippen LogP contribution >= 0.6 is 0 Å². The Kier molecular flexibility index (Phi) is 3.87. The third-order valence-corrected chi connectivity index (χ3v) is 3.78. The maximum atomic E-state index is 12.2. The smallest absolute Gasteiger partial charge is 0.227 e. The minimum absolute atomic E-state index is 0.0521. The molecule has 3 N–H and O–H groups in total. The second-order valence-electron chi connectivity index (χ2n) is 4.96. The number of carbonyl (C=O) groups is 1. The van der Waals surface area contributed by atoms with Gasteiger partial charge >= 0.3 is 0 Å². The van der Waals surface area contributed by atoms with Crippen LogP contribution in [-0.4, -0.2) is 35.0 Å². The first-order valence-corrected chi connectivity index (χ1v) is 6.40. The molecule has 2 atom stereocenters. The number of hydrogen-bond donors (Lipinski definition) is 2. The number of phenols is 1. The third kappa shape index (κ3) is 2.48. The van der Waals surface area contributed by atoms with Gasteiger partial charge in [-0.15, -0.1) is 0 Å². The van der Waals surface area contributed by atoms with E-state index in [-0.39, 0.29) is 24.1 Å². The van der Waals surface area contributed by atoms with Crippen LogP contribution in [0.4, 0.5) is 0 Å². The van der Waals surface area contributed by atoms with Crippen LogP contribution in [0.1, 0.15) is 18.9 Å². The van der Waals surface area contributed by atoms with Crippen LogP contribution in [0.5, 0.6) is 5.75 Å². The van der Waals surface area contributed by atoms with E-state index in [9.17, 15) is 9.90 Å². The first-order valence-electron chi connectivity index (χ1n) is 6.40. The van der Waals surface area contributed by atoms with Gasteiger partial charge < -0.3 is 15.7 Å². The predicted molar refractivity (Wildman–Crippen MR) is 70.1 cm³/mol. The van der Waals surface area contributed by atoms with E-state index in [4.69, 9.17) is 5.73 Å². The van der Waals surface area contributed by atoms with Gasteiger partial charge in [-0.1, -0.05) is 25.1 Å². The van der Waals surface area contributed by atoms with Gasteiger partial charge in [-0.25, -0.2) is 0 Å². The van der Waals surface area contributed by atoms with E-state index < -0.39 is 0 Å². The summed E-state index contributed by atoms with van der Waals surface area (Å²) in [4.78, 5) is 14.1. The van der Waals surface area contributed by atoms with Crippen LogP contribution in [0, 0.1) is 5.92 Å². The second-order valence-corrected chi connectivity index (χ2v) is 4.96. The number of phenolic OH excluding ortho intramolecular Hbond substituents is 1. The molecule has 1 aliphatic rings. The second kappa shape index (κ2) is 5.40. The molecule has 0 radical (unpaired) electrons. The van der Waals surface area contributed by atoms with Crippen molar-refractivity contribution in [2.75, 3.05) is 13.1 Å². The molecule has 0 spiro atoms. The molecule has 0 aliphatic carbocycles. The van der Waals surface area contributed by atoms with Gasteiger partial charge in [-0.05, 0) is 18.4 Å². The fourth-order valence-corrected chi connectivity index (χ4v) is 2.60. The van der Waals surface area contributed by atoms with Crippen LogP contribution in [0.15, 0.2) is 24.3 Å². The Labute approximate surface area is 107 Å². The summed E-state index contributed by atoms with van der Waals surface area (Å²) in [6.45, 7) is 3.41. The van der Waals surface area contributed by atoms with Gasteiger partial charge in [0.15, 0.2) is 0 Å². The Bertz CT molecular complexity index is 434. The molecule has 1 fully saturated rings. The molecule has 1 aromatic carbocycles. The Hall–Kier alpha value is -1.55. The Morgan fingerprint density at radius 2 is 2.22 bits per heavy atom. The van der Waals surface area contributed by atoms with Crippen molar-refractivity contribution < 1.29 is 9.90 Å². The molecule has 0 saturated carbocycles. The lowest BCUT2D eigenvalue weighted by Gasteiger charge is -2.25. The van der Waals surface area contributed by atoms with Crippen molar-refractivity contribution in [3.05, 3.63) is 29.8 Å². The molecule has 2 unspecified atom stereocenters. The lowest BCUT2D eigenvalue weighted by atomic mass is 10.0. The van der Waals surface area contributed by atoms with Gasteiger partial charge in [0.25, 0.3) is 0 Å². The Morgan fingerprint density at radius 1 is 1.50 bits per heavy atom. The Balaban J connectivity index is 2.07. The maximum Gasteiger partial charge on any atom is 0.227 e. The fraction of sp³-hybridized carbons (Fsp3) is 0.500. The number of likely N-dealkylation sites (tertiary alicyclic amines) is 1. The summed E-state index contributed by atoms with van der Waals surface area (Å²) in [5.41, 5.74) is 6.41. The average molecular weight is 248 g/mol. The summed E-state index contributed by atoms with van der Waals surface area (Å²) >= 11 is 0. The van der Waals surface area contributed by atoms with E-state index in [1.54, 1.807) is 18.2 Å². The molecule has 18 heavy (non-hydrogen) atoms. The van der Waals surface area contributed by atoms with Gasteiger partial charge in [-0.2, -0.15) is 0 Å². The molecule has 4 nitrogen and oxygen atoms in total. The van der Waals surface area contributed by atoms with Crippen molar-refractivity contribution in [1.82, 2.24) is 4.90 Å². The highest BCUT2D eigenvalue weighted by Crippen LogP contribution is 2.25. The number of aromatic hydroxyl groups is 1. The molecular weight excluding hydrogens is 228 g/mol. The molecule has 1 aromatic rings. The predicted octanol–water partition coefficient (Wildman–Crippen LogP) is 1.13. The van der Waals surface area contributed by atoms with Crippen LogP contribution in [0.3, 0.4) is 0 Å². The topological polar surface area (TPSA) is 66.6 Å². The van der Waals surface area contributed by atoms with Crippen molar-refractivity contribution in [1.29, 1.82) is 0 Å². The monoisotopic (exact) mass is 248 g/mol. The zero-order chi connectivity index (χ0) is 13.1. The van der Waals surface area contributed by atoms with Gasteiger partial charge in [-0.3, -0.25) is 4.79 Å².